The van der Waals surface area contributed by atoms with Gasteiger partial charge in [-0.15, -0.1) is 5.53 Å². The van der Waals surface area contributed by atoms with E-state index < -0.39 is 0 Å². The molecule has 3 aliphatic rings. The summed E-state index contributed by atoms with van der Waals surface area (Å²) >= 11 is 0. The van der Waals surface area contributed by atoms with Crippen LogP contribution in [0.4, 0.5) is 16.3 Å². The maximum Gasteiger partial charge on any atom is 0.323 e. The van der Waals surface area contributed by atoms with Crippen LogP contribution in [0, 0.1) is 12.8 Å². The number of pyridine rings is 1. The van der Waals surface area contributed by atoms with Crippen molar-refractivity contribution in [1.29, 1.82) is 0 Å². The van der Waals surface area contributed by atoms with Crippen LogP contribution in [0.5, 0.6) is 0 Å². The third kappa shape index (κ3) is 2.50. The molecule has 1 aromatic rings. The van der Waals surface area contributed by atoms with Crippen LogP contribution >= 0.6 is 0 Å². The fraction of sp³-hybridized carbons (Fsp3) is 0.500. The molecule has 0 aliphatic carbocycles. The topological polar surface area (TPSA) is 72.5 Å². The lowest BCUT2D eigenvalue weighted by atomic mass is 9.74. The first-order valence-electron chi connectivity index (χ1n) is 8.15. The highest BCUT2D eigenvalue weighted by Crippen LogP contribution is 2.41. The molecule has 0 aromatic carbocycles. The van der Waals surface area contributed by atoms with Gasteiger partial charge in [-0.3, -0.25) is 10.3 Å². The zero-order chi connectivity index (χ0) is 16.0. The summed E-state index contributed by atoms with van der Waals surface area (Å²) < 4.78 is 0. The van der Waals surface area contributed by atoms with Crippen molar-refractivity contribution in [2.24, 2.45) is 5.92 Å². The largest absolute Gasteiger partial charge is 0.323 e. The van der Waals surface area contributed by atoms with E-state index in [0.717, 1.165) is 36.4 Å². The minimum absolute atomic E-state index is 0.0245. The number of aryl methyl sites for hydroxylation is 1. The summed E-state index contributed by atoms with van der Waals surface area (Å²) in [7, 11) is 0. The SMILES string of the molecule is Cc1cnc(NC(=O)N2C3CC(C)CC2C3)cc1N1C=CNN1. The van der Waals surface area contributed by atoms with Gasteiger partial charge in [-0.2, -0.15) is 0 Å². The molecule has 0 spiro atoms. The molecule has 2 bridgehead atoms. The molecule has 122 valence electrons. The highest BCUT2D eigenvalue weighted by atomic mass is 16.2. The maximum absolute atomic E-state index is 12.6. The van der Waals surface area contributed by atoms with Crippen LogP contribution in [0.25, 0.3) is 0 Å². The van der Waals surface area contributed by atoms with Gasteiger partial charge in [-0.25, -0.2) is 9.78 Å². The van der Waals surface area contributed by atoms with E-state index in [-0.39, 0.29) is 6.03 Å². The molecule has 3 aliphatic heterocycles. The number of hydrogen-bond acceptors (Lipinski definition) is 5. The molecular weight excluding hydrogens is 292 g/mol. The van der Waals surface area contributed by atoms with Crippen molar-refractivity contribution in [3.8, 4) is 0 Å². The van der Waals surface area contributed by atoms with E-state index in [1.54, 1.807) is 12.4 Å². The highest BCUT2D eigenvalue weighted by Gasteiger charge is 2.46. The summed E-state index contributed by atoms with van der Waals surface area (Å²) in [6.45, 7) is 4.26. The summed E-state index contributed by atoms with van der Waals surface area (Å²) in [5.74, 6) is 1.31. The van der Waals surface area contributed by atoms with Gasteiger partial charge in [0.05, 0.1) is 5.69 Å². The average Bonchev–Trinajstić information content (AvgIpc) is 3.02. The Morgan fingerprint density at radius 1 is 1.35 bits per heavy atom. The van der Waals surface area contributed by atoms with Gasteiger partial charge in [-0.05, 0) is 37.7 Å². The molecule has 0 saturated carbocycles. The fourth-order valence-electron chi connectivity index (χ4n) is 3.89. The predicted molar refractivity (Wildman–Crippen MR) is 88.3 cm³/mol. The minimum atomic E-state index is -0.0245. The van der Waals surface area contributed by atoms with Gasteiger partial charge < -0.3 is 10.3 Å². The Bertz CT molecular complexity index is 648. The van der Waals surface area contributed by atoms with Crippen molar-refractivity contribution >= 4 is 17.5 Å². The lowest BCUT2D eigenvalue weighted by molar-refractivity contribution is -0.00603. The van der Waals surface area contributed by atoms with Crippen LogP contribution in [0.15, 0.2) is 24.7 Å². The number of carbonyl (C=O) groups excluding carboxylic acids is 1. The van der Waals surface area contributed by atoms with E-state index in [9.17, 15) is 4.79 Å². The average molecular weight is 314 g/mol. The van der Waals surface area contributed by atoms with Gasteiger partial charge in [0.15, 0.2) is 0 Å². The third-order valence-corrected chi connectivity index (χ3v) is 4.98. The van der Waals surface area contributed by atoms with Gasteiger partial charge in [0.25, 0.3) is 0 Å². The number of amides is 2. The van der Waals surface area contributed by atoms with Crippen molar-refractivity contribution in [2.75, 3.05) is 10.3 Å². The predicted octanol–water partition coefficient (Wildman–Crippen LogP) is 2.10. The molecule has 7 nitrogen and oxygen atoms in total. The van der Waals surface area contributed by atoms with Crippen LogP contribution in [0.1, 0.15) is 31.7 Å². The molecule has 2 saturated heterocycles. The first kappa shape index (κ1) is 14.3. The van der Waals surface area contributed by atoms with Gasteiger partial charge in [0.2, 0.25) is 0 Å². The number of rotatable bonds is 2. The molecule has 23 heavy (non-hydrogen) atoms. The van der Waals surface area contributed by atoms with Crippen molar-refractivity contribution in [1.82, 2.24) is 20.8 Å². The Hall–Kier alpha value is -2.28. The van der Waals surface area contributed by atoms with Crippen LogP contribution in [0.2, 0.25) is 0 Å². The van der Waals surface area contributed by atoms with Crippen molar-refractivity contribution in [2.45, 2.75) is 45.2 Å². The zero-order valence-corrected chi connectivity index (χ0v) is 13.4. The summed E-state index contributed by atoms with van der Waals surface area (Å²) in [6, 6.07) is 2.67. The molecule has 7 heteroatoms. The van der Waals surface area contributed by atoms with E-state index in [1.807, 2.05) is 29.1 Å². The molecule has 1 aromatic heterocycles. The molecule has 4 heterocycles. The molecule has 2 amide bonds. The standard InChI is InChI=1S/C16H22N6O/c1-10-5-12-7-13(6-10)22(12)16(23)19-15-8-14(11(2)9-17-15)21-4-3-18-20-21/h3-4,8-10,12-13,18,20H,5-7H2,1-2H3,(H,17,19,23). The number of nitrogens with zero attached hydrogens (tertiary/aromatic N) is 3. The molecule has 3 N–H and O–H groups in total. The Morgan fingerprint density at radius 2 is 2.13 bits per heavy atom. The molecular formula is C16H22N6O. The number of piperidine rings is 1. The molecule has 2 fully saturated rings. The van der Waals surface area contributed by atoms with Crippen LogP contribution < -0.4 is 21.3 Å². The van der Waals surface area contributed by atoms with Gasteiger partial charge in [0.1, 0.15) is 5.82 Å². The van der Waals surface area contributed by atoms with E-state index in [0.29, 0.717) is 17.9 Å². The lowest BCUT2D eigenvalue weighted by Gasteiger charge is -2.54. The molecule has 0 radical (unpaired) electrons. The van der Waals surface area contributed by atoms with Crippen molar-refractivity contribution in [3.63, 3.8) is 0 Å². The number of hydrogen-bond donors (Lipinski definition) is 3. The monoisotopic (exact) mass is 314 g/mol. The number of aromatic nitrogens is 1. The first-order valence-corrected chi connectivity index (χ1v) is 8.15. The lowest BCUT2D eigenvalue weighted by Crippen LogP contribution is -2.63. The van der Waals surface area contributed by atoms with Gasteiger partial charge in [-0.1, -0.05) is 6.92 Å². The Kier molecular flexibility index (Phi) is 3.37. The van der Waals surface area contributed by atoms with Gasteiger partial charge in [0, 0.05) is 36.7 Å². The van der Waals surface area contributed by atoms with E-state index in [2.05, 4.69) is 28.2 Å². The van der Waals surface area contributed by atoms with Crippen LogP contribution in [-0.2, 0) is 0 Å². The maximum atomic E-state index is 12.6. The smallest absolute Gasteiger partial charge is 0.318 e. The second-order valence-electron chi connectivity index (χ2n) is 6.76. The van der Waals surface area contributed by atoms with Gasteiger partial charge >= 0.3 is 6.03 Å². The highest BCUT2D eigenvalue weighted by molar-refractivity contribution is 5.90. The number of urea groups is 1. The summed E-state index contributed by atoms with van der Waals surface area (Å²) in [6.07, 6.45) is 8.85. The minimum Gasteiger partial charge on any atom is -0.318 e. The number of fused-ring (bicyclic) bond motifs is 2. The molecule has 2 unspecified atom stereocenters. The van der Waals surface area contributed by atoms with Crippen molar-refractivity contribution in [3.05, 3.63) is 30.2 Å². The fourth-order valence-corrected chi connectivity index (χ4v) is 3.89. The summed E-state index contributed by atoms with van der Waals surface area (Å²) in [4.78, 5) is 18.9. The number of anilines is 2. The number of carbonyl (C=O) groups is 1. The Morgan fingerprint density at radius 3 is 2.83 bits per heavy atom. The second-order valence-corrected chi connectivity index (χ2v) is 6.76. The van der Waals surface area contributed by atoms with E-state index in [1.165, 1.54) is 0 Å². The first-order chi connectivity index (χ1) is 11.1. The molecule has 4 rings (SSSR count). The normalized spacial score (nSPS) is 28.3. The van der Waals surface area contributed by atoms with E-state index >= 15 is 0 Å². The number of nitrogens with one attached hydrogen (secondary N) is 3. The van der Waals surface area contributed by atoms with Crippen molar-refractivity contribution < 1.29 is 4.79 Å². The Balaban J connectivity index is 1.48. The zero-order valence-electron chi connectivity index (χ0n) is 13.4. The summed E-state index contributed by atoms with van der Waals surface area (Å²) in [5.41, 5.74) is 7.88. The molecule has 2 atom stereocenters. The van der Waals surface area contributed by atoms with E-state index in [4.69, 9.17) is 0 Å². The Labute approximate surface area is 135 Å². The van der Waals surface area contributed by atoms with Crippen LogP contribution in [-0.4, -0.2) is 28.0 Å². The second kappa shape index (κ2) is 5.42. The van der Waals surface area contributed by atoms with Crippen LogP contribution in [0.3, 0.4) is 0 Å². The number of hydrazine groups is 2. The summed E-state index contributed by atoms with van der Waals surface area (Å²) in [5, 5.41) is 4.81. The quantitative estimate of drug-likeness (QED) is 0.779. The third-order valence-electron chi connectivity index (χ3n) is 4.98.